The second kappa shape index (κ2) is 7.69. The van der Waals surface area contributed by atoms with Gasteiger partial charge in [0.25, 0.3) is 5.91 Å². The molecule has 0 N–H and O–H groups in total. The number of rotatable bonds is 4. The summed E-state index contributed by atoms with van der Waals surface area (Å²) < 4.78 is 2.16. The van der Waals surface area contributed by atoms with E-state index in [1.807, 2.05) is 61.5 Å². The number of halogens is 1. The Morgan fingerprint density at radius 1 is 1.19 bits per heavy atom. The Morgan fingerprint density at radius 3 is 2.52 bits per heavy atom. The van der Waals surface area contributed by atoms with Crippen LogP contribution in [0.1, 0.15) is 16.8 Å². The number of nitriles is 1. The van der Waals surface area contributed by atoms with Gasteiger partial charge in [0.1, 0.15) is 11.6 Å². The highest BCUT2D eigenvalue weighted by molar-refractivity contribution is 6.31. The fraction of sp³-hybridized carbons (Fsp3) is 0.182. The van der Waals surface area contributed by atoms with Gasteiger partial charge >= 0.3 is 0 Å². The largest absolute Gasteiger partial charge is 0.344 e. The lowest BCUT2D eigenvalue weighted by molar-refractivity contribution is -0.124. The van der Waals surface area contributed by atoms with E-state index in [4.69, 9.17) is 11.6 Å². The van der Waals surface area contributed by atoms with E-state index in [1.165, 1.54) is 4.90 Å². The summed E-state index contributed by atoms with van der Waals surface area (Å²) in [7, 11) is 3.28. The first-order chi connectivity index (χ1) is 12.9. The summed E-state index contributed by atoms with van der Waals surface area (Å²) in [4.78, 5) is 13.7. The van der Waals surface area contributed by atoms with E-state index in [0.29, 0.717) is 11.6 Å². The van der Waals surface area contributed by atoms with Gasteiger partial charge in [0.05, 0.1) is 0 Å². The summed E-state index contributed by atoms with van der Waals surface area (Å²) in [6.07, 6.45) is 1.68. The number of aromatic nitrogens is 1. The van der Waals surface area contributed by atoms with Crippen molar-refractivity contribution in [3.8, 4) is 6.07 Å². The van der Waals surface area contributed by atoms with E-state index in [9.17, 15) is 10.1 Å². The Labute approximate surface area is 163 Å². The third-order valence-electron chi connectivity index (χ3n) is 4.61. The average Bonchev–Trinajstić information content (AvgIpc) is 2.92. The number of para-hydroxylation sites is 1. The third-order valence-corrected chi connectivity index (χ3v) is 4.98. The van der Waals surface area contributed by atoms with Crippen molar-refractivity contribution in [2.45, 2.75) is 13.5 Å². The van der Waals surface area contributed by atoms with Crippen molar-refractivity contribution >= 4 is 34.5 Å². The lowest BCUT2D eigenvalue weighted by Crippen LogP contribution is -2.22. The lowest BCUT2D eigenvalue weighted by atomic mass is 10.1. The molecule has 1 heterocycles. The van der Waals surface area contributed by atoms with Crippen LogP contribution in [-0.2, 0) is 11.3 Å². The molecule has 0 aliphatic heterocycles. The van der Waals surface area contributed by atoms with Gasteiger partial charge < -0.3 is 9.47 Å². The number of likely N-dealkylation sites (N-methyl/N-ethyl adjacent to an activating group) is 1. The molecule has 1 aromatic heterocycles. The molecule has 3 rings (SSSR count). The molecule has 0 bridgehead atoms. The number of hydrogen-bond acceptors (Lipinski definition) is 2. The Bertz CT molecular complexity index is 1090. The number of fused-ring (bicyclic) bond motifs is 1. The minimum Gasteiger partial charge on any atom is -0.344 e. The molecule has 136 valence electrons. The summed E-state index contributed by atoms with van der Waals surface area (Å²) >= 11 is 6.35. The van der Waals surface area contributed by atoms with Crippen LogP contribution >= 0.6 is 11.6 Å². The molecule has 4 nitrogen and oxygen atoms in total. The SMILES string of the molecule is Cc1c(/C=C(/C#N)C(=O)N(C)C)c2ccccc2n1Cc1ccccc1Cl. The summed E-state index contributed by atoms with van der Waals surface area (Å²) in [5, 5.41) is 11.2. The molecule has 0 aliphatic carbocycles. The van der Waals surface area contributed by atoms with Crippen molar-refractivity contribution in [3.05, 3.63) is 75.9 Å². The Kier molecular flexibility index (Phi) is 5.34. The highest BCUT2D eigenvalue weighted by Crippen LogP contribution is 2.30. The van der Waals surface area contributed by atoms with Gasteiger partial charge in [0.2, 0.25) is 0 Å². The van der Waals surface area contributed by atoms with E-state index in [-0.39, 0.29) is 11.5 Å². The number of carbonyl (C=O) groups is 1. The molecule has 0 atom stereocenters. The topological polar surface area (TPSA) is 49.0 Å². The highest BCUT2D eigenvalue weighted by atomic mass is 35.5. The summed E-state index contributed by atoms with van der Waals surface area (Å²) in [6.45, 7) is 2.61. The molecule has 3 aromatic rings. The van der Waals surface area contributed by atoms with Gasteiger partial charge in [-0.25, -0.2) is 0 Å². The van der Waals surface area contributed by atoms with Gasteiger partial charge in [-0.05, 0) is 30.7 Å². The molecule has 0 fully saturated rings. The molecule has 2 aromatic carbocycles. The Morgan fingerprint density at radius 2 is 1.85 bits per heavy atom. The first-order valence-electron chi connectivity index (χ1n) is 8.58. The second-order valence-electron chi connectivity index (χ2n) is 6.56. The highest BCUT2D eigenvalue weighted by Gasteiger charge is 2.17. The van der Waals surface area contributed by atoms with Crippen LogP contribution in [0.15, 0.2) is 54.1 Å². The van der Waals surface area contributed by atoms with Crippen LogP contribution < -0.4 is 0 Å². The van der Waals surface area contributed by atoms with E-state index in [0.717, 1.165) is 27.7 Å². The fourth-order valence-electron chi connectivity index (χ4n) is 3.17. The molecule has 5 heteroatoms. The first kappa shape index (κ1) is 18.8. The van der Waals surface area contributed by atoms with Crippen LogP contribution in [0, 0.1) is 18.3 Å². The number of hydrogen-bond donors (Lipinski definition) is 0. The molecule has 1 amide bonds. The first-order valence-corrected chi connectivity index (χ1v) is 8.96. The van der Waals surface area contributed by atoms with Gasteiger partial charge in [0.15, 0.2) is 0 Å². The molecular weight excluding hydrogens is 358 g/mol. The lowest BCUT2D eigenvalue weighted by Gasteiger charge is -2.10. The van der Waals surface area contributed by atoms with E-state index < -0.39 is 0 Å². The number of amides is 1. The van der Waals surface area contributed by atoms with Crippen molar-refractivity contribution in [2.75, 3.05) is 14.1 Å². The third kappa shape index (κ3) is 3.60. The Hall–Kier alpha value is -3.03. The van der Waals surface area contributed by atoms with Crippen LogP contribution in [0.5, 0.6) is 0 Å². The monoisotopic (exact) mass is 377 g/mol. The van der Waals surface area contributed by atoms with Crippen molar-refractivity contribution in [1.82, 2.24) is 9.47 Å². The predicted molar refractivity (Wildman–Crippen MR) is 110 cm³/mol. The zero-order valence-corrected chi connectivity index (χ0v) is 16.3. The average molecular weight is 378 g/mol. The Balaban J connectivity index is 2.19. The maximum absolute atomic E-state index is 12.3. The van der Waals surface area contributed by atoms with Gasteiger partial charge in [0, 0.05) is 47.8 Å². The van der Waals surface area contributed by atoms with Gasteiger partial charge in [-0.1, -0.05) is 48.0 Å². The summed E-state index contributed by atoms with van der Waals surface area (Å²) in [5.74, 6) is -0.306. The zero-order chi connectivity index (χ0) is 19.6. The molecule has 0 saturated heterocycles. The molecule has 0 spiro atoms. The van der Waals surface area contributed by atoms with Crippen molar-refractivity contribution in [2.24, 2.45) is 0 Å². The fourth-order valence-corrected chi connectivity index (χ4v) is 3.36. The van der Waals surface area contributed by atoms with Crippen LogP contribution in [0.3, 0.4) is 0 Å². The molecule has 0 unspecified atom stereocenters. The van der Waals surface area contributed by atoms with E-state index in [1.54, 1.807) is 20.2 Å². The maximum atomic E-state index is 12.3. The normalized spacial score (nSPS) is 11.4. The summed E-state index contributed by atoms with van der Waals surface area (Å²) in [6, 6.07) is 17.8. The molecule has 27 heavy (non-hydrogen) atoms. The van der Waals surface area contributed by atoms with E-state index >= 15 is 0 Å². The minimum atomic E-state index is -0.306. The number of benzene rings is 2. The van der Waals surface area contributed by atoms with E-state index in [2.05, 4.69) is 4.57 Å². The van der Waals surface area contributed by atoms with Crippen molar-refractivity contribution in [3.63, 3.8) is 0 Å². The van der Waals surface area contributed by atoms with Crippen LogP contribution in [0.4, 0.5) is 0 Å². The summed E-state index contributed by atoms with van der Waals surface area (Å²) in [5.41, 5.74) is 4.03. The predicted octanol–water partition coefficient (Wildman–Crippen LogP) is 4.65. The van der Waals surface area contributed by atoms with Crippen molar-refractivity contribution in [1.29, 1.82) is 5.26 Å². The minimum absolute atomic E-state index is 0.115. The second-order valence-corrected chi connectivity index (χ2v) is 6.97. The van der Waals surface area contributed by atoms with Crippen LogP contribution in [0.2, 0.25) is 5.02 Å². The maximum Gasteiger partial charge on any atom is 0.264 e. The molecule has 0 aliphatic rings. The van der Waals surface area contributed by atoms with Crippen molar-refractivity contribution < 1.29 is 4.79 Å². The van der Waals surface area contributed by atoms with Gasteiger partial charge in [-0.3, -0.25) is 4.79 Å². The molecule has 0 saturated carbocycles. The smallest absolute Gasteiger partial charge is 0.264 e. The quantitative estimate of drug-likeness (QED) is 0.491. The standard InChI is InChI=1S/C22H20ClN3O/c1-15-19(12-17(13-24)22(27)25(2)3)18-9-5-7-11-21(18)26(15)14-16-8-4-6-10-20(16)23/h4-12H,14H2,1-3H3/b17-12-. The van der Waals surface area contributed by atoms with Gasteiger partial charge in [-0.15, -0.1) is 0 Å². The molecular formula is C22H20ClN3O. The van der Waals surface area contributed by atoms with Gasteiger partial charge in [-0.2, -0.15) is 5.26 Å². The number of carbonyl (C=O) groups excluding carboxylic acids is 1. The van der Waals surface area contributed by atoms with Crippen LogP contribution in [-0.4, -0.2) is 29.5 Å². The molecule has 0 radical (unpaired) electrons. The number of nitrogens with zero attached hydrogens (tertiary/aromatic N) is 3. The zero-order valence-electron chi connectivity index (χ0n) is 15.5. The van der Waals surface area contributed by atoms with Crippen LogP contribution in [0.25, 0.3) is 17.0 Å².